The molecule has 0 saturated carbocycles. The molecule has 1 unspecified atom stereocenters. The molecule has 0 saturated heterocycles. The molecule has 0 aliphatic heterocycles. The molecule has 1 amide bonds. The summed E-state index contributed by atoms with van der Waals surface area (Å²) in [5.74, 6) is -0.0944. The fourth-order valence-electron chi connectivity index (χ4n) is 3.12. The highest BCUT2D eigenvalue weighted by Gasteiger charge is 2.26. The van der Waals surface area contributed by atoms with Gasteiger partial charge in [-0.15, -0.1) is 0 Å². The summed E-state index contributed by atoms with van der Waals surface area (Å²) < 4.78 is 1.92. The normalized spacial score (nSPS) is 14.5. The van der Waals surface area contributed by atoms with Crippen LogP contribution in [0.2, 0.25) is 0 Å². The SMILES string of the molecule is CCc1ccc(-n2nc(C(=O)NCC(C)CO)c3c2CCC3)cc1. The Kier molecular flexibility index (Phi) is 5.00. The Hall–Kier alpha value is -2.14. The number of nitrogens with one attached hydrogen (secondary N) is 1. The molecule has 3 rings (SSSR count). The predicted octanol–water partition coefficient (Wildman–Crippen LogP) is 2.28. The van der Waals surface area contributed by atoms with Crippen molar-refractivity contribution in [1.29, 1.82) is 0 Å². The number of nitrogens with zero attached hydrogens (tertiary/aromatic N) is 2. The highest BCUT2D eigenvalue weighted by molar-refractivity contribution is 5.94. The monoisotopic (exact) mass is 327 g/mol. The molecule has 5 nitrogen and oxygen atoms in total. The third-order valence-corrected chi connectivity index (χ3v) is 4.66. The number of aromatic nitrogens is 2. The molecule has 1 heterocycles. The van der Waals surface area contributed by atoms with Crippen LogP contribution < -0.4 is 5.32 Å². The maximum atomic E-state index is 12.5. The molecule has 1 atom stereocenters. The molecule has 1 aromatic carbocycles. The van der Waals surface area contributed by atoms with Crippen LogP contribution in [-0.4, -0.2) is 33.9 Å². The van der Waals surface area contributed by atoms with E-state index in [0.717, 1.165) is 42.6 Å². The maximum absolute atomic E-state index is 12.5. The van der Waals surface area contributed by atoms with Crippen LogP contribution in [-0.2, 0) is 19.3 Å². The second kappa shape index (κ2) is 7.18. The Labute approximate surface area is 142 Å². The first-order chi connectivity index (χ1) is 11.6. The van der Waals surface area contributed by atoms with Crippen molar-refractivity contribution < 1.29 is 9.90 Å². The van der Waals surface area contributed by atoms with E-state index in [2.05, 4.69) is 41.6 Å². The first kappa shape index (κ1) is 16.7. The van der Waals surface area contributed by atoms with Gasteiger partial charge in [0.15, 0.2) is 5.69 Å². The summed E-state index contributed by atoms with van der Waals surface area (Å²) in [6, 6.07) is 8.36. The first-order valence-electron chi connectivity index (χ1n) is 8.73. The third kappa shape index (κ3) is 3.22. The van der Waals surface area contributed by atoms with E-state index < -0.39 is 0 Å². The number of fused-ring (bicyclic) bond motifs is 1. The summed E-state index contributed by atoms with van der Waals surface area (Å²) in [4.78, 5) is 12.5. The van der Waals surface area contributed by atoms with Gasteiger partial charge in [0.2, 0.25) is 0 Å². The second-order valence-corrected chi connectivity index (χ2v) is 6.56. The zero-order chi connectivity index (χ0) is 17.1. The smallest absolute Gasteiger partial charge is 0.272 e. The van der Waals surface area contributed by atoms with Gasteiger partial charge in [-0.1, -0.05) is 26.0 Å². The molecule has 24 heavy (non-hydrogen) atoms. The zero-order valence-corrected chi connectivity index (χ0v) is 14.4. The van der Waals surface area contributed by atoms with Crippen LogP contribution in [0.4, 0.5) is 0 Å². The average molecular weight is 327 g/mol. The van der Waals surface area contributed by atoms with E-state index in [1.54, 1.807) is 0 Å². The molecule has 2 aromatic rings. The van der Waals surface area contributed by atoms with Gasteiger partial charge < -0.3 is 10.4 Å². The van der Waals surface area contributed by atoms with Crippen molar-refractivity contribution in [3.63, 3.8) is 0 Å². The highest BCUT2D eigenvalue weighted by Crippen LogP contribution is 2.28. The van der Waals surface area contributed by atoms with Crippen molar-refractivity contribution >= 4 is 5.91 Å². The van der Waals surface area contributed by atoms with E-state index in [1.807, 2.05) is 11.6 Å². The molecule has 128 valence electrons. The first-order valence-corrected chi connectivity index (χ1v) is 8.73. The summed E-state index contributed by atoms with van der Waals surface area (Å²) in [6.45, 7) is 4.56. The number of hydrogen-bond acceptors (Lipinski definition) is 3. The molecule has 0 spiro atoms. The van der Waals surface area contributed by atoms with Gasteiger partial charge in [0.25, 0.3) is 5.91 Å². The van der Waals surface area contributed by atoms with E-state index in [9.17, 15) is 4.79 Å². The minimum atomic E-state index is -0.141. The van der Waals surface area contributed by atoms with Gasteiger partial charge in [-0.25, -0.2) is 4.68 Å². The van der Waals surface area contributed by atoms with Crippen LogP contribution in [0.5, 0.6) is 0 Å². The Bertz CT molecular complexity index is 719. The van der Waals surface area contributed by atoms with Gasteiger partial charge in [0.1, 0.15) is 0 Å². The van der Waals surface area contributed by atoms with Crippen LogP contribution in [0.3, 0.4) is 0 Å². The topological polar surface area (TPSA) is 67.2 Å². The van der Waals surface area contributed by atoms with Gasteiger partial charge in [-0.05, 0) is 49.3 Å². The van der Waals surface area contributed by atoms with E-state index >= 15 is 0 Å². The van der Waals surface area contributed by atoms with Crippen molar-refractivity contribution in [2.75, 3.05) is 13.2 Å². The van der Waals surface area contributed by atoms with Crippen molar-refractivity contribution in [1.82, 2.24) is 15.1 Å². The number of carbonyl (C=O) groups excluding carboxylic acids is 1. The lowest BCUT2D eigenvalue weighted by Gasteiger charge is -2.09. The van der Waals surface area contributed by atoms with E-state index in [4.69, 9.17) is 5.11 Å². The largest absolute Gasteiger partial charge is 0.396 e. The molecule has 0 bridgehead atoms. The number of benzene rings is 1. The number of hydrogen-bond donors (Lipinski definition) is 2. The Morgan fingerprint density at radius 1 is 1.33 bits per heavy atom. The van der Waals surface area contributed by atoms with E-state index in [-0.39, 0.29) is 18.4 Å². The highest BCUT2D eigenvalue weighted by atomic mass is 16.3. The van der Waals surface area contributed by atoms with E-state index in [1.165, 1.54) is 5.56 Å². The zero-order valence-electron chi connectivity index (χ0n) is 14.4. The quantitative estimate of drug-likeness (QED) is 0.855. The van der Waals surface area contributed by atoms with Gasteiger partial charge in [0.05, 0.1) is 5.69 Å². The van der Waals surface area contributed by atoms with Gasteiger partial charge in [0, 0.05) is 24.4 Å². The molecule has 0 fully saturated rings. The van der Waals surface area contributed by atoms with Crippen molar-refractivity contribution in [3.05, 3.63) is 46.8 Å². The third-order valence-electron chi connectivity index (χ3n) is 4.66. The Balaban J connectivity index is 1.88. The summed E-state index contributed by atoms with van der Waals surface area (Å²) >= 11 is 0. The number of aryl methyl sites for hydroxylation is 1. The van der Waals surface area contributed by atoms with Gasteiger partial charge >= 0.3 is 0 Å². The molecule has 1 aliphatic carbocycles. The lowest BCUT2D eigenvalue weighted by molar-refractivity contribution is 0.0936. The molecule has 1 aliphatic rings. The summed E-state index contributed by atoms with van der Waals surface area (Å²) in [5.41, 5.74) is 5.06. The van der Waals surface area contributed by atoms with Crippen LogP contribution in [0, 0.1) is 5.92 Å². The lowest BCUT2D eigenvalue weighted by Crippen LogP contribution is -2.30. The second-order valence-electron chi connectivity index (χ2n) is 6.56. The standard InChI is InChI=1S/C19H25N3O2/c1-3-14-7-9-15(10-8-14)22-17-6-4-5-16(17)18(21-22)19(24)20-11-13(2)12-23/h7-10,13,23H,3-6,11-12H2,1-2H3,(H,20,24). The minimum Gasteiger partial charge on any atom is -0.396 e. The molecular weight excluding hydrogens is 302 g/mol. The fourth-order valence-corrected chi connectivity index (χ4v) is 3.12. The lowest BCUT2D eigenvalue weighted by atomic mass is 10.1. The minimum absolute atomic E-state index is 0.0469. The Morgan fingerprint density at radius 3 is 2.75 bits per heavy atom. The van der Waals surface area contributed by atoms with E-state index in [0.29, 0.717) is 12.2 Å². The summed E-state index contributed by atoms with van der Waals surface area (Å²) in [7, 11) is 0. The molecule has 1 aromatic heterocycles. The maximum Gasteiger partial charge on any atom is 0.272 e. The molecule has 0 radical (unpaired) electrons. The number of aliphatic hydroxyl groups excluding tert-OH is 1. The number of carbonyl (C=O) groups is 1. The molecular formula is C19H25N3O2. The van der Waals surface area contributed by atoms with Crippen LogP contribution in [0.25, 0.3) is 5.69 Å². The molecule has 2 N–H and O–H groups in total. The number of aliphatic hydroxyl groups is 1. The van der Waals surface area contributed by atoms with Crippen LogP contribution in [0.1, 0.15) is 47.6 Å². The van der Waals surface area contributed by atoms with Crippen LogP contribution in [0.15, 0.2) is 24.3 Å². The fraction of sp³-hybridized carbons (Fsp3) is 0.474. The predicted molar refractivity (Wildman–Crippen MR) is 93.6 cm³/mol. The van der Waals surface area contributed by atoms with Gasteiger partial charge in [-0.2, -0.15) is 5.10 Å². The van der Waals surface area contributed by atoms with Gasteiger partial charge in [-0.3, -0.25) is 4.79 Å². The van der Waals surface area contributed by atoms with Crippen molar-refractivity contribution in [2.24, 2.45) is 5.92 Å². The van der Waals surface area contributed by atoms with Crippen molar-refractivity contribution in [2.45, 2.75) is 39.5 Å². The number of amides is 1. The average Bonchev–Trinajstić information content (AvgIpc) is 3.22. The molecule has 5 heteroatoms. The van der Waals surface area contributed by atoms with Crippen LogP contribution >= 0.6 is 0 Å². The summed E-state index contributed by atoms with van der Waals surface area (Å²) in [6.07, 6.45) is 3.93. The Morgan fingerprint density at radius 2 is 2.08 bits per heavy atom. The van der Waals surface area contributed by atoms with Crippen molar-refractivity contribution in [3.8, 4) is 5.69 Å². The number of rotatable bonds is 6. The summed E-state index contributed by atoms with van der Waals surface area (Å²) in [5, 5.41) is 16.6.